The highest BCUT2D eigenvalue weighted by atomic mass is 16.5. The van der Waals surface area contributed by atoms with Crippen molar-refractivity contribution in [2.45, 2.75) is 0 Å². The Morgan fingerprint density at radius 2 is 1.71 bits per heavy atom. The van der Waals surface area contributed by atoms with Gasteiger partial charge in [0.25, 0.3) is 5.56 Å². The third-order valence-electron chi connectivity index (χ3n) is 3.35. The van der Waals surface area contributed by atoms with Crippen molar-refractivity contribution in [3.63, 3.8) is 0 Å². The lowest BCUT2D eigenvalue weighted by atomic mass is 9.94. The van der Waals surface area contributed by atoms with Crippen molar-refractivity contribution in [2.75, 3.05) is 20.0 Å². The number of aromatic amines is 1. The minimum Gasteiger partial charge on any atom is -0.497 e. The predicted molar refractivity (Wildman–Crippen MR) is 83.9 cm³/mol. The number of methoxy groups -OCH3 is 2. The van der Waals surface area contributed by atoms with Crippen molar-refractivity contribution in [3.05, 3.63) is 39.7 Å². The number of H-pyrrole nitrogens is 1. The number of carbonyl (C=O) groups is 2. The smallest absolute Gasteiger partial charge is 0.342 e. The molecule has 0 aliphatic heterocycles. The second kappa shape index (κ2) is 6.32. The first kappa shape index (κ1) is 16.9. The van der Waals surface area contributed by atoms with Gasteiger partial charge in [0.2, 0.25) is 0 Å². The Hall–Kier alpha value is -3.49. The third-order valence-corrected chi connectivity index (χ3v) is 3.35. The number of pyridine rings is 1. The Kier molecular flexibility index (Phi) is 4.45. The van der Waals surface area contributed by atoms with Gasteiger partial charge in [0.15, 0.2) is 0 Å². The molecule has 0 fully saturated rings. The highest BCUT2D eigenvalue weighted by molar-refractivity contribution is 6.08. The average molecular weight is 334 g/mol. The van der Waals surface area contributed by atoms with Crippen molar-refractivity contribution in [1.29, 1.82) is 0 Å². The Morgan fingerprint density at radius 1 is 1.08 bits per heavy atom. The molecule has 0 spiro atoms. The molecule has 0 saturated carbocycles. The zero-order chi connectivity index (χ0) is 18.0. The van der Waals surface area contributed by atoms with Crippen LogP contribution in [0.2, 0.25) is 0 Å². The maximum absolute atomic E-state index is 12.0. The van der Waals surface area contributed by atoms with Crippen molar-refractivity contribution < 1.29 is 29.3 Å². The summed E-state index contributed by atoms with van der Waals surface area (Å²) in [7, 11) is 2.71. The molecule has 0 aliphatic carbocycles. The fraction of sp³-hybridized carbons (Fsp3) is 0.133. The van der Waals surface area contributed by atoms with E-state index >= 15 is 0 Å². The zero-order valence-corrected chi connectivity index (χ0v) is 12.7. The van der Waals surface area contributed by atoms with Crippen LogP contribution in [0, 0.1) is 0 Å². The van der Waals surface area contributed by atoms with Crippen LogP contribution in [0.3, 0.4) is 0 Å². The first-order valence-corrected chi connectivity index (χ1v) is 6.56. The van der Waals surface area contributed by atoms with Crippen LogP contribution >= 0.6 is 0 Å². The van der Waals surface area contributed by atoms with Crippen molar-refractivity contribution >= 4 is 17.8 Å². The lowest BCUT2D eigenvalue weighted by molar-refractivity contribution is 0.0695. The summed E-state index contributed by atoms with van der Waals surface area (Å²) in [6.45, 7) is 0. The van der Waals surface area contributed by atoms with E-state index in [-0.39, 0.29) is 16.9 Å². The number of nitrogens with two attached hydrogens (primary N) is 1. The van der Waals surface area contributed by atoms with E-state index in [0.29, 0.717) is 5.75 Å². The van der Waals surface area contributed by atoms with Crippen LogP contribution in [0.4, 0.5) is 5.82 Å². The lowest BCUT2D eigenvalue weighted by Crippen LogP contribution is -2.24. The SMILES string of the molecule is COc1ccc(OC)c(-c2c(C(=O)O)c(N)[nH]c(=O)c2C(=O)O)c1. The largest absolute Gasteiger partial charge is 0.497 e. The van der Waals surface area contributed by atoms with Crippen molar-refractivity contribution in [1.82, 2.24) is 4.98 Å². The second-order valence-corrected chi connectivity index (χ2v) is 4.67. The Balaban J connectivity index is 3.04. The van der Waals surface area contributed by atoms with E-state index in [1.54, 1.807) is 6.07 Å². The third kappa shape index (κ3) is 2.74. The van der Waals surface area contributed by atoms with Gasteiger partial charge in [0.1, 0.15) is 28.4 Å². The quantitative estimate of drug-likeness (QED) is 0.633. The summed E-state index contributed by atoms with van der Waals surface area (Å²) in [4.78, 5) is 37.2. The van der Waals surface area contributed by atoms with Gasteiger partial charge in [-0.2, -0.15) is 0 Å². The molecule has 0 saturated heterocycles. The highest BCUT2D eigenvalue weighted by Crippen LogP contribution is 2.38. The van der Waals surface area contributed by atoms with E-state index in [1.807, 2.05) is 4.98 Å². The fourth-order valence-electron chi connectivity index (χ4n) is 2.33. The summed E-state index contributed by atoms with van der Waals surface area (Å²) < 4.78 is 10.2. The number of hydrogen-bond acceptors (Lipinski definition) is 6. The van der Waals surface area contributed by atoms with E-state index in [4.69, 9.17) is 15.2 Å². The van der Waals surface area contributed by atoms with Gasteiger partial charge in [0, 0.05) is 11.1 Å². The van der Waals surface area contributed by atoms with Crippen LogP contribution in [0.1, 0.15) is 20.7 Å². The molecule has 1 aromatic carbocycles. The van der Waals surface area contributed by atoms with Crippen LogP contribution in [-0.2, 0) is 0 Å². The van der Waals surface area contributed by atoms with Crippen LogP contribution in [0.5, 0.6) is 11.5 Å². The molecular formula is C15H14N2O7. The normalized spacial score (nSPS) is 10.2. The van der Waals surface area contributed by atoms with E-state index < -0.39 is 34.4 Å². The lowest BCUT2D eigenvalue weighted by Gasteiger charge is -2.15. The number of carboxylic acid groups (broad SMARTS) is 2. The minimum atomic E-state index is -1.60. The number of nitrogen functional groups attached to an aromatic ring is 1. The minimum absolute atomic E-state index is 0.0597. The molecule has 24 heavy (non-hydrogen) atoms. The summed E-state index contributed by atoms with van der Waals surface area (Å²) in [5.41, 5.74) is 2.97. The molecule has 0 atom stereocenters. The summed E-state index contributed by atoms with van der Waals surface area (Å²) in [6.07, 6.45) is 0. The Labute approximate surface area is 135 Å². The molecule has 1 aromatic heterocycles. The van der Waals surface area contributed by atoms with Gasteiger partial charge >= 0.3 is 11.9 Å². The number of aromatic carboxylic acids is 2. The molecule has 0 aliphatic rings. The Bertz CT molecular complexity index is 886. The fourth-order valence-corrected chi connectivity index (χ4v) is 2.33. The molecule has 9 heteroatoms. The standard InChI is InChI=1S/C15H14N2O7/c1-23-6-3-4-8(24-2)7(5-6)9-10(14(19)20)12(16)17-13(18)11(9)15(21)22/h3-5H,1-2H3,(H,19,20)(H,21,22)(H3,16,17,18). The molecule has 0 bridgehead atoms. The van der Waals surface area contributed by atoms with Crippen LogP contribution in [0.25, 0.3) is 11.1 Å². The van der Waals surface area contributed by atoms with E-state index in [2.05, 4.69) is 0 Å². The molecule has 1 heterocycles. The predicted octanol–water partition coefficient (Wildman–Crippen LogP) is 1.04. The molecule has 9 nitrogen and oxygen atoms in total. The van der Waals surface area contributed by atoms with E-state index in [1.165, 1.54) is 26.4 Å². The van der Waals surface area contributed by atoms with Gasteiger partial charge in [-0.1, -0.05) is 0 Å². The maximum atomic E-state index is 12.0. The first-order chi connectivity index (χ1) is 11.3. The molecule has 2 rings (SSSR count). The number of benzene rings is 1. The number of rotatable bonds is 5. The average Bonchev–Trinajstić information content (AvgIpc) is 2.52. The summed E-state index contributed by atoms with van der Waals surface area (Å²) >= 11 is 0. The summed E-state index contributed by atoms with van der Waals surface area (Å²) in [5, 5.41) is 18.8. The topological polar surface area (TPSA) is 152 Å². The van der Waals surface area contributed by atoms with E-state index in [9.17, 15) is 24.6 Å². The van der Waals surface area contributed by atoms with Gasteiger partial charge in [-0.3, -0.25) is 4.79 Å². The number of ether oxygens (including phenoxy) is 2. The van der Waals surface area contributed by atoms with Crippen LogP contribution < -0.4 is 20.8 Å². The molecular weight excluding hydrogens is 320 g/mol. The van der Waals surface area contributed by atoms with Crippen molar-refractivity contribution in [2.24, 2.45) is 0 Å². The molecule has 0 radical (unpaired) electrons. The van der Waals surface area contributed by atoms with Crippen LogP contribution in [0.15, 0.2) is 23.0 Å². The van der Waals surface area contributed by atoms with Crippen molar-refractivity contribution in [3.8, 4) is 22.6 Å². The molecule has 126 valence electrons. The molecule has 2 aromatic rings. The maximum Gasteiger partial charge on any atom is 0.342 e. The zero-order valence-electron chi connectivity index (χ0n) is 12.7. The van der Waals surface area contributed by atoms with Gasteiger partial charge in [-0.05, 0) is 18.2 Å². The second-order valence-electron chi connectivity index (χ2n) is 4.67. The van der Waals surface area contributed by atoms with Gasteiger partial charge in [-0.25, -0.2) is 9.59 Å². The van der Waals surface area contributed by atoms with Gasteiger partial charge in [-0.15, -0.1) is 0 Å². The summed E-state index contributed by atoms with van der Waals surface area (Å²) in [5.74, 6) is -3.08. The number of anilines is 1. The van der Waals surface area contributed by atoms with Gasteiger partial charge < -0.3 is 30.4 Å². The molecule has 0 amide bonds. The number of aromatic nitrogens is 1. The molecule has 5 N–H and O–H groups in total. The first-order valence-electron chi connectivity index (χ1n) is 6.56. The molecule has 0 unspecified atom stereocenters. The number of hydrogen-bond donors (Lipinski definition) is 4. The van der Waals surface area contributed by atoms with Gasteiger partial charge in [0.05, 0.1) is 14.2 Å². The summed E-state index contributed by atoms with van der Waals surface area (Å²) in [6, 6.07) is 4.37. The monoisotopic (exact) mass is 334 g/mol. The van der Waals surface area contributed by atoms with E-state index in [0.717, 1.165) is 0 Å². The highest BCUT2D eigenvalue weighted by Gasteiger charge is 2.28. The Morgan fingerprint density at radius 3 is 2.21 bits per heavy atom. The van der Waals surface area contributed by atoms with Crippen LogP contribution in [-0.4, -0.2) is 41.4 Å². The number of nitrogens with one attached hydrogen (secondary N) is 1. The number of carboxylic acids is 2.